The Labute approximate surface area is 413 Å². The van der Waals surface area contributed by atoms with Crippen LogP contribution in [0.4, 0.5) is 22.7 Å². The minimum atomic E-state index is -0.231. The van der Waals surface area contributed by atoms with Crippen LogP contribution in [0.1, 0.15) is 77.6 Å². The molecule has 0 fully saturated rings. The van der Waals surface area contributed by atoms with Gasteiger partial charge < -0.3 is 14.5 Å². The molecule has 10 aromatic rings. The molecule has 70 heavy (non-hydrogen) atoms. The summed E-state index contributed by atoms with van der Waals surface area (Å²) in [6, 6.07) is 72.4. The lowest BCUT2D eigenvalue weighted by Gasteiger charge is -2.27. The molecule has 0 amide bonds. The summed E-state index contributed by atoms with van der Waals surface area (Å²) in [6.45, 7) is 18.9. The number of para-hydroxylation sites is 1. The van der Waals surface area contributed by atoms with Crippen molar-refractivity contribution in [3.63, 3.8) is 0 Å². The van der Waals surface area contributed by atoms with E-state index >= 15 is 0 Å². The normalized spacial score (nSPS) is 13.0. The average Bonchev–Trinajstić information content (AvgIpc) is 3.93. The third kappa shape index (κ3) is 8.19. The van der Waals surface area contributed by atoms with Crippen molar-refractivity contribution in [2.24, 2.45) is 0 Å². The summed E-state index contributed by atoms with van der Waals surface area (Å²) in [5.74, 6) is 2.40. The smallest absolute Gasteiger partial charge is 0.137 e. The second-order valence-corrected chi connectivity index (χ2v) is 21.4. The number of pyridine rings is 1. The van der Waals surface area contributed by atoms with Gasteiger partial charge in [0.25, 0.3) is 0 Å². The van der Waals surface area contributed by atoms with Crippen LogP contribution >= 0.6 is 0 Å². The van der Waals surface area contributed by atoms with Crippen LogP contribution in [0, 0.1) is 0 Å². The molecule has 3 heterocycles. The molecule has 5 nitrogen and oxygen atoms in total. The molecule has 5 heteroatoms. The van der Waals surface area contributed by atoms with Crippen LogP contribution < -0.4 is 14.5 Å². The number of rotatable bonds is 9. The Morgan fingerprint density at radius 3 is 1.79 bits per heavy atom. The Bertz CT molecular complexity index is 3540. The largest absolute Gasteiger partial charge is 0.457 e. The fraction of sp³-hybridized carbons (Fsp3) is 0.185. The summed E-state index contributed by atoms with van der Waals surface area (Å²) in [5.41, 5.74) is 16.2. The first-order valence-corrected chi connectivity index (χ1v) is 24.5. The van der Waals surface area contributed by atoms with Crippen LogP contribution in [-0.4, -0.2) is 16.2 Å². The van der Waals surface area contributed by atoms with Gasteiger partial charge in [-0.15, -0.1) is 0 Å². The van der Waals surface area contributed by atoms with Gasteiger partial charge in [0.15, 0.2) is 0 Å². The van der Waals surface area contributed by atoms with E-state index in [0.29, 0.717) is 6.67 Å². The zero-order valence-electron chi connectivity index (χ0n) is 41.5. The van der Waals surface area contributed by atoms with Crippen LogP contribution in [0.5, 0.6) is 11.5 Å². The zero-order chi connectivity index (χ0) is 48.4. The quantitative estimate of drug-likeness (QED) is 0.144. The molecule has 1 aliphatic rings. The molecule has 0 N–H and O–H groups in total. The third-order valence-corrected chi connectivity index (χ3v) is 14.3. The van der Waals surface area contributed by atoms with Gasteiger partial charge in [-0.3, -0.25) is 4.57 Å². The van der Waals surface area contributed by atoms with Crippen molar-refractivity contribution in [2.45, 2.75) is 71.6 Å². The van der Waals surface area contributed by atoms with E-state index in [1.807, 2.05) is 6.20 Å². The first-order chi connectivity index (χ1) is 33.7. The minimum absolute atomic E-state index is 0.0308. The van der Waals surface area contributed by atoms with Crippen LogP contribution in [0.15, 0.2) is 206 Å². The summed E-state index contributed by atoms with van der Waals surface area (Å²) >= 11 is 0. The highest BCUT2D eigenvalue weighted by molar-refractivity contribution is 6.10. The number of fused-ring (bicyclic) bond motifs is 4. The van der Waals surface area contributed by atoms with E-state index in [1.165, 1.54) is 55.6 Å². The second-order valence-electron chi connectivity index (χ2n) is 21.4. The fourth-order valence-corrected chi connectivity index (χ4v) is 10.2. The highest BCUT2D eigenvalue weighted by Gasteiger charge is 2.33. The van der Waals surface area contributed by atoms with Crippen molar-refractivity contribution < 1.29 is 4.74 Å². The van der Waals surface area contributed by atoms with E-state index in [9.17, 15) is 0 Å². The van der Waals surface area contributed by atoms with Gasteiger partial charge in [0.2, 0.25) is 0 Å². The Kier molecular flexibility index (Phi) is 11.0. The summed E-state index contributed by atoms with van der Waals surface area (Å²) in [4.78, 5) is 9.99. The Hall–Kier alpha value is -7.89. The topological polar surface area (TPSA) is 33.5 Å². The monoisotopic (exact) mass is 912 g/mol. The Morgan fingerprint density at radius 1 is 0.429 bits per heavy atom. The maximum atomic E-state index is 6.92. The van der Waals surface area contributed by atoms with Gasteiger partial charge in [0, 0.05) is 51.5 Å². The van der Waals surface area contributed by atoms with Crippen molar-refractivity contribution in [1.29, 1.82) is 0 Å². The van der Waals surface area contributed by atoms with Crippen molar-refractivity contribution in [2.75, 3.05) is 16.5 Å². The molecule has 0 saturated carbocycles. The van der Waals surface area contributed by atoms with E-state index in [0.717, 1.165) is 50.8 Å². The van der Waals surface area contributed by atoms with Crippen LogP contribution in [0.3, 0.4) is 0 Å². The number of benzene rings is 8. The van der Waals surface area contributed by atoms with Crippen LogP contribution in [0.2, 0.25) is 0 Å². The minimum Gasteiger partial charge on any atom is -0.457 e. The molecular weight excluding hydrogens is 853 g/mol. The molecule has 2 aromatic heterocycles. The number of hydrogen-bond acceptors (Lipinski definition) is 4. The molecule has 0 aliphatic carbocycles. The number of ether oxygens (including phenoxy) is 1. The average molecular weight is 913 g/mol. The molecule has 0 bridgehead atoms. The molecule has 0 atom stereocenters. The number of hydrogen-bond donors (Lipinski definition) is 0. The van der Waals surface area contributed by atoms with Gasteiger partial charge in [-0.1, -0.05) is 183 Å². The van der Waals surface area contributed by atoms with Crippen molar-refractivity contribution >= 4 is 44.6 Å². The standard InChI is InChI=1S/C65H60N4O/c1-63(2,3)48-30-32-56-57-33-31-54(42-60(57)69(59(56)39-48)61-40-49(34-35-66-61)65(7,8)47-24-16-11-17-25-47)70-53-27-18-26-51(41-53)67-43-68(62-55(28-19-29-58(62)67)45-22-14-10-15-23-45)52-37-46(44-20-12-9-13-21-44)36-50(38-52)64(4,5)6/h9-42H,43H2,1-8H3. The van der Waals surface area contributed by atoms with E-state index < -0.39 is 0 Å². The van der Waals surface area contributed by atoms with Gasteiger partial charge in [0.05, 0.1) is 22.4 Å². The Balaban J connectivity index is 1.00. The van der Waals surface area contributed by atoms with Gasteiger partial charge in [-0.2, -0.15) is 0 Å². The van der Waals surface area contributed by atoms with E-state index in [1.54, 1.807) is 0 Å². The van der Waals surface area contributed by atoms with E-state index in [-0.39, 0.29) is 16.2 Å². The first kappa shape index (κ1) is 44.6. The summed E-state index contributed by atoms with van der Waals surface area (Å²) < 4.78 is 9.25. The maximum absolute atomic E-state index is 6.92. The summed E-state index contributed by atoms with van der Waals surface area (Å²) in [7, 11) is 0. The van der Waals surface area contributed by atoms with Gasteiger partial charge >= 0.3 is 0 Å². The molecule has 0 spiro atoms. The highest BCUT2D eigenvalue weighted by Crippen LogP contribution is 2.51. The van der Waals surface area contributed by atoms with Gasteiger partial charge in [-0.25, -0.2) is 4.98 Å². The molecule has 1 aliphatic heterocycles. The first-order valence-electron chi connectivity index (χ1n) is 24.5. The number of nitrogens with zero attached hydrogens (tertiary/aromatic N) is 4. The van der Waals surface area contributed by atoms with Crippen LogP contribution in [0.25, 0.3) is 49.9 Å². The molecule has 11 rings (SSSR count). The van der Waals surface area contributed by atoms with Crippen molar-refractivity contribution in [1.82, 2.24) is 9.55 Å². The lowest BCUT2D eigenvalue weighted by atomic mass is 9.78. The van der Waals surface area contributed by atoms with Gasteiger partial charge in [0.1, 0.15) is 24.0 Å². The van der Waals surface area contributed by atoms with Crippen molar-refractivity contribution in [3.05, 3.63) is 229 Å². The molecule has 0 radical (unpaired) electrons. The van der Waals surface area contributed by atoms with E-state index in [2.05, 4.69) is 270 Å². The SMILES string of the molecule is CC(C)(C)c1cc(-c2ccccc2)cc(N2CN(c3cccc(Oc4ccc5c6ccc(C(C)(C)C)cc6n(-c6cc(C(C)(C)c7ccccc7)ccn6)c5c4)c3)c3cccc(-c4ccccc4)c32)c1. The predicted molar refractivity (Wildman–Crippen MR) is 294 cm³/mol. The number of aromatic nitrogens is 2. The van der Waals surface area contributed by atoms with Gasteiger partial charge in [-0.05, 0) is 110 Å². The third-order valence-electron chi connectivity index (χ3n) is 14.3. The predicted octanol–water partition coefficient (Wildman–Crippen LogP) is 17.5. The lowest BCUT2D eigenvalue weighted by molar-refractivity contribution is 0.483. The van der Waals surface area contributed by atoms with Crippen LogP contribution in [-0.2, 0) is 16.2 Å². The molecule has 346 valence electrons. The summed E-state index contributed by atoms with van der Waals surface area (Å²) in [6.07, 6.45) is 1.95. The molecule has 8 aromatic carbocycles. The maximum Gasteiger partial charge on any atom is 0.137 e. The van der Waals surface area contributed by atoms with Crippen molar-refractivity contribution in [3.8, 4) is 39.6 Å². The Morgan fingerprint density at radius 2 is 1.07 bits per heavy atom. The lowest BCUT2D eigenvalue weighted by Crippen LogP contribution is -2.24. The highest BCUT2D eigenvalue weighted by atomic mass is 16.5. The molecule has 0 unspecified atom stereocenters. The molecule has 0 saturated heterocycles. The number of anilines is 4. The zero-order valence-corrected chi connectivity index (χ0v) is 41.5. The summed E-state index contributed by atoms with van der Waals surface area (Å²) in [5, 5.41) is 2.34. The fourth-order valence-electron chi connectivity index (χ4n) is 10.2. The second kappa shape index (κ2) is 17.3. The van der Waals surface area contributed by atoms with E-state index in [4.69, 9.17) is 9.72 Å². The molecular formula is C65H60N4O.